The maximum atomic E-state index is 12.9. The van der Waals surface area contributed by atoms with Crippen molar-refractivity contribution in [3.63, 3.8) is 0 Å². The zero-order valence-electron chi connectivity index (χ0n) is 18.8. The molecule has 0 atom stereocenters. The second-order valence-electron chi connectivity index (χ2n) is 8.34. The van der Waals surface area contributed by atoms with Crippen LogP contribution in [0.1, 0.15) is 41.5 Å². The summed E-state index contributed by atoms with van der Waals surface area (Å²) in [5.41, 5.74) is 4.87. The standard InChI is InChI=1S/C24H22ClN7OS/c1-13(2)19-11-20(32(3)30-19)21(33)10-14-5-4-6-15(9-14)23-28-24(34-31-23)27-18-8-7-17-16(22(18)25)12-26-29-17/h4-9,11-13H,10H2,1-3H3,(H,26,29)(H,27,28,31). The molecule has 0 aliphatic heterocycles. The summed E-state index contributed by atoms with van der Waals surface area (Å²) in [4.78, 5) is 17.5. The van der Waals surface area contributed by atoms with Crippen molar-refractivity contribution >= 4 is 50.6 Å². The van der Waals surface area contributed by atoms with Gasteiger partial charge in [-0.25, -0.2) is 0 Å². The highest BCUT2D eigenvalue weighted by atomic mass is 35.5. The molecule has 5 rings (SSSR count). The number of fused-ring (bicyclic) bond motifs is 1. The van der Waals surface area contributed by atoms with E-state index < -0.39 is 0 Å². The predicted octanol–water partition coefficient (Wildman–Crippen LogP) is 5.76. The number of nitrogens with one attached hydrogen (secondary N) is 2. The molecule has 0 spiro atoms. The van der Waals surface area contributed by atoms with Crippen LogP contribution in [0.5, 0.6) is 0 Å². The molecule has 5 aromatic rings. The summed E-state index contributed by atoms with van der Waals surface area (Å²) >= 11 is 7.75. The van der Waals surface area contributed by atoms with Crippen LogP contribution < -0.4 is 5.32 Å². The second kappa shape index (κ2) is 9.00. The molecular formula is C24H22ClN7OS. The minimum atomic E-state index is 0.0249. The van der Waals surface area contributed by atoms with Crippen LogP contribution >= 0.6 is 23.1 Å². The zero-order valence-corrected chi connectivity index (χ0v) is 20.4. The van der Waals surface area contributed by atoms with Crippen molar-refractivity contribution in [3.05, 3.63) is 70.6 Å². The van der Waals surface area contributed by atoms with Crippen molar-refractivity contribution in [3.8, 4) is 11.4 Å². The lowest BCUT2D eigenvalue weighted by Gasteiger charge is -2.05. The first-order valence-corrected chi connectivity index (χ1v) is 11.9. The number of carbonyl (C=O) groups excluding carboxylic acids is 1. The first-order valence-electron chi connectivity index (χ1n) is 10.8. The average molecular weight is 492 g/mol. The highest BCUT2D eigenvalue weighted by Gasteiger charge is 2.16. The SMILES string of the molecule is CC(C)c1cc(C(=O)Cc2cccc(-c3nsc(Nc4ccc5[nH]ncc5c4Cl)n3)c2)n(C)n1. The topological polar surface area (TPSA) is 101 Å². The second-order valence-corrected chi connectivity index (χ2v) is 9.47. The van der Waals surface area contributed by atoms with E-state index in [1.54, 1.807) is 17.9 Å². The molecule has 0 aliphatic carbocycles. The van der Waals surface area contributed by atoms with Gasteiger partial charge in [0.25, 0.3) is 0 Å². The van der Waals surface area contributed by atoms with Crippen molar-refractivity contribution in [1.82, 2.24) is 29.3 Å². The van der Waals surface area contributed by atoms with Crippen molar-refractivity contribution in [2.45, 2.75) is 26.2 Å². The first-order chi connectivity index (χ1) is 16.4. The number of rotatable bonds is 7. The fourth-order valence-corrected chi connectivity index (χ4v) is 4.58. The Morgan fingerprint density at radius 2 is 2.09 bits per heavy atom. The summed E-state index contributed by atoms with van der Waals surface area (Å²) in [6.07, 6.45) is 1.97. The lowest BCUT2D eigenvalue weighted by molar-refractivity contribution is 0.0984. The van der Waals surface area contributed by atoms with Crippen LogP contribution in [0.15, 0.2) is 48.7 Å². The van der Waals surface area contributed by atoms with Gasteiger partial charge in [0.2, 0.25) is 5.13 Å². The molecular weight excluding hydrogens is 470 g/mol. The molecule has 0 amide bonds. The van der Waals surface area contributed by atoms with Crippen LogP contribution in [0.4, 0.5) is 10.8 Å². The van der Waals surface area contributed by atoms with Crippen LogP contribution in [0.2, 0.25) is 5.02 Å². The number of nitrogens with zero attached hydrogens (tertiary/aromatic N) is 5. The normalized spacial score (nSPS) is 11.4. The number of halogens is 1. The number of hydrogen-bond acceptors (Lipinski definition) is 7. The monoisotopic (exact) mass is 491 g/mol. The van der Waals surface area contributed by atoms with E-state index in [1.807, 2.05) is 42.5 Å². The third-order valence-corrected chi connectivity index (χ3v) is 6.59. The van der Waals surface area contributed by atoms with E-state index in [2.05, 4.69) is 43.8 Å². The summed E-state index contributed by atoms with van der Waals surface area (Å²) in [6.45, 7) is 4.13. The first kappa shape index (κ1) is 22.2. The van der Waals surface area contributed by atoms with Crippen LogP contribution in [0, 0.1) is 0 Å². The van der Waals surface area contributed by atoms with Gasteiger partial charge >= 0.3 is 0 Å². The maximum absolute atomic E-state index is 12.9. The average Bonchev–Trinajstić information content (AvgIpc) is 3.56. The molecule has 3 heterocycles. The largest absolute Gasteiger partial charge is 0.329 e. The number of anilines is 2. The van der Waals surface area contributed by atoms with Crippen LogP contribution in [-0.4, -0.2) is 35.1 Å². The fourth-order valence-electron chi connectivity index (χ4n) is 3.72. The number of aryl methyl sites for hydroxylation is 1. The van der Waals surface area contributed by atoms with Crippen LogP contribution in [0.3, 0.4) is 0 Å². The van der Waals surface area contributed by atoms with E-state index in [1.165, 1.54) is 11.5 Å². The summed E-state index contributed by atoms with van der Waals surface area (Å²) in [6, 6.07) is 13.4. The Morgan fingerprint density at radius 3 is 2.88 bits per heavy atom. The smallest absolute Gasteiger partial charge is 0.207 e. The molecule has 172 valence electrons. The maximum Gasteiger partial charge on any atom is 0.207 e. The van der Waals surface area contributed by atoms with Crippen molar-refractivity contribution < 1.29 is 4.79 Å². The van der Waals surface area contributed by atoms with E-state index in [0.29, 0.717) is 21.7 Å². The number of aromatic amines is 1. The molecule has 0 unspecified atom stereocenters. The molecule has 2 N–H and O–H groups in total. The molecule has 0 bridgehead atoms. The lowest BCUT2D eigenvalue weighted by Crippen LogP contribution is -2.09. The van der Waals surface area contributed by atoms with E-state index in [9.17, 15) is 4.79 Å². The number of ketones is 1. The third-order valence-electron chi connectivity index (χ3n) is 5.55. The number of aromatic nitrogens is 6. The van der Waals surface area contributed by atoms with Gasteiger partial charge in [0.15, 0.2) is 11.6 Å². The van der Waals surface area contributed by atoms with Gasteiger partial charge in [-0.15, -0.1) is 0 Å². The molecule has 34 heavy (non-hydrogen) atoms. The summed E-state index contributed by atoms with van der Waals surface area (Å²) < 4.78 is 6.15. The number of Topliss-reactive ketones (excluding diaryl/α,β-unsaturated/α-hetero) is 1. The van der Waals surface area contributed by atoms with Gasteiger partial charge in [0, 0.05) is 36.0 Å². The highest BCUT2D eigenvalue weighted by Crippen LogP contribution is 2.33. The van der Waals surface area contributed by atoms with Crippen molar-refractivity contribution in [1.29, 1.82) is 0 Å². The minimum absolute atomic E-state index is 0.0249. The molecule has 10 heteroatoms. The predicted molar refractivity (Wildman–Crippen MR) is 135 cm³/mol. The molecule has 0 saturated heterocycles. The fraction of sp³-hybridized carbons (Fsp3) is 0.208. The Labute approximate surface area is 205 Å². The van der Waals surface area contributed by atoms with E-state index in [-0.39, 0.29) is 18.1 Å². The quantitative estimate of drug-likeness (QED) is 0.281. The Morgan fingerprint density at radius 1 is 1.24 bits per heavy atom. The van der Waals surface area contributed by atoms with Gasteiger partial charge in [-0.05, 0) is 35.7 Å². The van der Waals surface area contributed by atoms with Gasteiger partial charge in [-0.1, -0.05) is 43.6 Å². The van der Waals surface area contributed by atoms with Crippen LogP contribution in [-0.2, 0) is 13.5 Å². The van der Waals surface area contributed by atoms with Crippen molar-refractivity contribution in [2.75, 3.05) is 5.32 Å². The summed E-state index contributed by atoms with van der Waals surface area (Å²) in [5.74, 6) is 0.882. The molecule has 8 nitrogen and oxygen atoms in total. The molecule has 0 aliphatic rings. The van der Waals surface area contributed by atoms with Crippen molar-refractivity contribution in [2.24, 2.45) is 7.05 Å². The van der Waals surface area contributed by atoms with E-state index >= 15 is 0 Å². The van der Waals surface area contributed by atoms with Gasteiger partial charge in [-0.2, -0.15) is 19.6 Å². The highest BCUT2D eigenvalue weighted by molar-refractivity contribution is 7.10. The molecule has 0 fully saturated rings. The number of benzene rings is 2. The Kier molecular flexibility index (Phi) is 5.89. The zero-order chi connectivity index (χ0) is 23.8. The van der Waals surface area contributed by atoms with Gasteiger partial charge in [0.05, 0.1) is 28.1 Å². The van der Waals surface area contributed by atoms with E-state index in [4.69, 9.17) is 11.6 Å². The van der Waals surface area contributed by atoms with Gasteiger partial charge < -0.3 is 5.32 Å². The Bertz CT molecular complexity index is 1500. The number of hydrogen-bond donors (Lipinski definition) is 2. The minimum Gasteiger partial charge on any atom is -0.329 e. The summed E-state index contributed by atoms with van der Waals surface area (Å²) in [7, 11) is 1.81. The third kappa shape index (κ3) is 4.32. The molecule has 2 aromatic carbocycles. The molecule has 0 radical (unpaired) electrons. The van der Waals surface area contributed by atoms with E-state index in [0.717, 1.165) is 33.4 Å². The van der Waals surface area contributed by atoms with Gasteiger partial charge in [0.1, 0.15) is 5.69 Å². The Balaban J connectivity index is 1.33. The number of carbonyl (C=O) groups is 1. The molecule has 3 aromatic heterocycles. The van der Waals surface area contributed by atoms with Gasteiger partial charge in [-0.3, -0.25) is 14.6 Å². The Hall–Kier alpha value is -3.56. The summed E-state index contributed by atoms with van der Waals surface area (Å²) in [5, 5.41) is 16.6. The number of H-pyrrole nitrogens is 1. The molecule has 0 saturated carbocycles. The lowest BCUT2D eigenvalue weighted by atomic mass is 10.0. The van der Waals surface area contributed by atoms with Crippen LogP contribution in [0.25, 0.3) is 22.3 Å².